The van der Waals surface area contributed by atoms with Gasteiger partial charge in [-0.1, -0.05) is 0 Å². The molecule has 8 heteroatoms. The van der Waals surface area contributed by atoms with Gasteiger partial charge in [-0.2, -0.15) is 0 Å². The minimum Gasteiger partial charge on any atom is -0.404 e. The molecule has 1 rings (SSSR count). The lowest BCUT2D eigenvalue weighted by molar-refractivity contribution is -0.275. The van der Waals surface area contributed by atoms with E-state index in [0.717, 1.165) is 6.07 Å². The predicted molar refractivity (Wildman–Crippen MR) is 53.3 cm³/mol. The van der Waals surface area contributed by atoms with Crippen molar-refractivity contribution in [3.8, 4) is 5.75 Å². The Bertz CT molecular complexity index is 393. The highest BCUT2D eigenvalue weighted by Crippen LogP contribution is 2.33. The van der Waals surface area contributed by atoms with Crippen LogP contribution in [0.2, 0.25) is 0 Å². The smallest absolute Gasteiger partial charge is 0.404 e. The van der Waals surface area contributed by atoms with Gasteiger partial charge in [0.05, 0.1) is 0 Å². The maximum absolute atomic E-state index is 12.4. The van der Waals surface area contributed by atoms with Gasteiger partial charge in [0.25, 0.3) is 6.43 Å². The molecule has 0 atom stereocenters. The molecule has 1 aromatic rings. The fourth-order valence-electron chi connectivity index (χ4n) is 0.942. The molecule has 0 N–H and O–H groups in total. The van der Waals surface area contributed by atoms with E-state index >= 15 is 0 Å². The molecule has 0 aliphatic carbocycles. The van der Waals surface area contributed by atoms with Crippen molar-refractivity contribution >= 4 is 22.6 Å². The van der Waals surface area contributed by atoms with Gasteiger partial charge < -0.3 is 4.74 Å². The molecule has 90 valence electrons. The zero-order valence-electron chi connectivity index (χ0n) is 7.78. The number of pyridine rings is 1. The maximum atomic E-state index is 12.4. The fourth-order valence-corrected chi connectivity index (χ4v) is 1.36. The third-order valence-corrected chi connectivity index (χ3v) is 2.67. The second-order valence-corrected chi connectivity index (χ2v) is 3.85. The number of aromatic nitrogens is 1. The summed E-state index contributed by atoms with van der Waals surface area (Å²) in [4.78, 5) is 3.37. The lowest BCUT2D eigenvalue weighted by Crippen LogP contribution is -2.19. The van der Waals surface area contributed by atoms with Crippen LogP contribution >= 0.6 is 22.6 Å². The Morgan fingerprint density at radius 3 is 2.38 bits per heavy atom. The van der Waals surface area contributed by atoms with Crippen molar-refractivity contribution in [3.63, 3.8) is 0 Å². The highest BCUT2D eigenvalue weighted by Gasteiger charge is 2.34. The summed E-state index contributed by atoms with van der Waals surface area (Å²) in [5.41, 5.74) is -0.670. The van der Waals surface area contributed by atoms with E-state index in [-0.39, 0.29) is 3.70 Å². The Morgan fingerprint density at radius 1 is 1.38 bits per heavy atom. The van der Waals surface area contributed by atoms with Crippen LogP contribution in [-0.4, -0.2) is 11.3 Å². The molecule has 1 heterocycles. The minimum atomic E-state index is -5.01. The van der Waals surface area contributed by atoms with Gasteiger partial charge in [0.2, 0.25) is 0 Å². The normalized spacial score (nSPS) is 12.0. The molecule has 0 spiro atoms. The van der Waals surface area contributed by atoms with Crippen molar-refractivity contribution in [3.05, 3.63) is 21.0 Å². The SMILES string of the molecule is Cc1cc(OC(F)(F)F)c(C(F)F)nc1I. The zero-order valence-corrected chi connectivity index (χ0v) is 9.94. The van der Waals surface area contributed by atoms with Crippen LogP contribution in [0, 0.1) is 10.6 Å². The van der Waals surface area contributed by atoms with Crippen molar-refractivity contribution in [1.29, 1.82) is 0 Å². The molecule has 0 aromatic carbocycles. The number of halogens is 6. The molecule has 0 saturated heterocycles. The van der Waals surface area contributed by atoms with Crippen molar-refractivity contribution in [2.24, 2.45) is 0 Å². The van der Waals surface area contributed by atoms with E-state index in [4.69, 9.17) is 0 Å². The first-order chi connectivity index (χ1) is 7.20. The second-order valence-electron chi connectivity index (χ2n) is 2.83. The van der Waals surface area contributed by atoms with Gasteiger partial charge in [0.15, 0.2) is 5.75 Å². The van der Waals surface area contributed by atoms with E-state index < -0.39 is 24.2 Å². The number of hydrogen-bond donors (Lipinski definition) is 0. The van der Waals surface area contributed by atoms with Gasteiger partial charge in [-0.3, -0.25) is 0 Å². The monoisotopic (exact) mass is 353 g/mol. The zero-order chi connectivity index (χ0) is 12.5. The van der Waals surface area contributed by atoms with E-state index in [2.05, 4.69) is 9.72 Å². The number of alkyl halides is 5. The molecular formula is C8H5F5INO. The Hall–Kier alpha value is -0.670. The van der Waals surface area contributed by atoms with Gasteiger partial charge in [0.1, 0.15) is 9.39 Å². The van der Waals surface area contributed by atoms with Crippen LogP contribution in [0.1, 0.15) is 17.7 Å². The molecule has 1 aromatic heterocycles. The van der Waals surface area contributed by atoms with Gasteiger partial charge in [-0.15, -0.1) is 13.2 Å². The lowest BCUT2D eigenvalue weighted by Gasteiger charge is -2.13. The molecule has 0 radical (unpaired) electrons. The largest absolute Gasteiger partial charge is 0.573 e. The van der Waals surface area contributed by atoms with Crippen LogP contribution < -0.4 is 4.74 Å². The van der Waals surface area contributed by atoms with Crippen molar-refractivity contribution < 1.29 is 26.7 Å². The second kappa shape index (κ2) is 4.68. The standard InChI is InChI=1S/C8H5F5INO/c1-3-2-4(16-8(11,12)13)5(6(9)10)15-7(3)14/h2,6H,1H3. The van der Waals surface area contributed by atoms with E-state index in [9.17, 15) is 22.0 Å². The van der Waals surface area contributed by atoms with Crippen molar-refractivity contribution in [2.45, 2.75) is 19.7 Å². The van der Waals surface area contributed by atoms with Crippen LogP contribution in [0.25, 0.3) is 0 Å². The van der Waals surface area contributed by atoms with Crippen LogP contribution in [-0.2, 0) is 0 Å². The van der Waals surface area contributed by atoms with Crippen LogP contribution in [0.4, 0.5) is 22.0 Å². The van der Waals surface area contributed by atoms with E-state index in [1.165, 1.54) is 6.92 Å². The highest BCUT2D eigenvalue weighted by molar-refractivity contribution is 14.1. The lowest BCUT2D eigenvalue weighted by atomic mass is 10.2. The number of hydrogen-bond acceptors (Lipinski definition) is 2. The van der Waals surface area contributed by atoms with Crippen LogP contribution in [0.15, 0.2) is 6.07 Å². The predicted octanol–water partition coefficient (Wildman–Crippen LogP) is 3.83. The van der Waals surface area contributed by atoms with Crippen molar-refractivity contribution in [1.82, 2.24) is 4.98 Å². The van der Waals surface area contributed by atoms with E-state index in [1.807, 2.05) is 0 Å². The van der Waals surface area contributed by atoms with E-state index in [0.29, 0.717) is 5.56 Å². The molecular weight excluding hydrogens is 348 g/mol. The molecule has 0 fully saturated rings. The van der Waals surface area contributed by atoms with E-state index in [1.54, 1.807) is 22.6 Å². The minimum absolute atomic E-state index is 0.211. The molecule has 0 bridgehead atoms. The summed E-state index contributed by atoms with van der Waals surface area (Å²) in [6.45, 7) is 1.45. The average molecular weight is 353 g/mol. The van der Waals surface area contributed by atoms with Crippen LogP contribution in [0.3, 0.4) is 0 Å². The first-order valence-electron chi connectivity index (χ1n) is 3.91. The Labute approximate surface area is 101 Å². The topological polar surface area (TPSA) is 22.1 Å². The third kappa shape index (κ3) is 3.42. The summed E-state index contributed by atoms with van der Waals surface area (Å²) < 4.78 is 64.3. The Balaban J connectivity index is 3.20. The molecule has 0 amide bonds. The average Bonchev–Trinajstić information content (AvgIpc) is 2.07. The number of aryl methyl sites for hydroxylation is 1. The maximum Gasteiger partial charge on any atom is 0.573 e. The molecule has 0 aliphatic heterocycles. The number of rotatable bonds is 2. The first-order valence-corrected chi connectivity index (χ1v) is 4.99. The van der Waals surface area contributed by atoms with Gasteiger partial charge in [-0.05, 0) is 41.1 Å². The molecule has 0 unspecified atom stereocenters. The van der Waals surface area contributed by atoms with Gasteiger partial charge >= 0.3 is 6.36 Å². The van der Waals surface area contributed by atoms with Crippen LogP contribution in [0.5, 0.6) is 5.75 Å². The summed E-state index contributed by atoms with van der Waals surface area (Å²) in [6.07, 6.45) is -8.13. The molecule has 0 aliphatic rings. The van der Waals surface area contributed by atoms with Gasteiger partial charge in [-0.25, -0.2) is 13.8 Å². The third-order valence-electron chi connectivity index (χ3n) is 1.58. The summed E-state index contributed by atoms with van der Waals surface area (Å²) in [5, 5.41) is 0. The fraction of sp³-hybridized carbons (Fsp3) is 0.375. The molecule has 0 saturated carbocycles. The Morgan fingerprint density at radius 2 is 1.94 bits per heavy atom. The summed E-state index contributed by atoms with van der Waals surface area (Å²) in [5.74, 6) is -0.958. The number of ether oxygens (including phenoxy) is 1. The number of nitrogens with zero attached hydrogens (tertiary/aromatic N) is 1. The Kier molecular flexibility index (Phi) is 3.92. The summed E-state index contributed by atoms with van der Waals surface area (Å²) >= 11 is 1.66. The quantitative estimate of drug-likeness (QED) is 0.458. The first kappa shape index (κ1) is 13.4. The molecule has 16 heavy (non-hydrogen) atoms. The summed E-state index contributed by atoms with van der Waals surface area (Å²) in [7, 11) is 0. The summed E-state index contributed by atoms with van der Waals surface area (Å²) in [6, 6.07) is 0.893. The van der Waals surface area contributed by atoms with Crippen molar-refractivity contribution in [2.75, 3.05) is 0 Å². The molecule has 2 nitrogen and oxygen atoms in total. The highest BCUT2D eigenvalue weighted by atomic mass is 127. The van der Waals surface area contributed by atoms with Gasteiger partial charge in [0, 0.05) is 0 Å².